The number of nitrogens with one attached hydrogen (secondary N) is 1. The lowest BCUT2D eigenvalue weighted by Crippen LogP contribution is -2.47. The van der Waals surface area contributed by atoms with Crippen molar-refractivity contribution in [2.45, 2.75) is 26.6 Å². The molecule has 6 nitrogen and oxygen atoms in total. The monoisotopic (exact) mass is 430 g/mol. The van der Waals surface area contributed by atoms with Crippen LogP contribution in [0.1, 0.15) is 29.8 Å². The Bertz CT molecular complexity index is 778. The molecule has 1 amide bonds. The molecule has 0 aromatic heterocycles. The molecule has 0 aliphatic heterocycles. The van der Waals surface area contributed by atoms with Crippen LogP contribution in [-0.2, 0) is 15.9 Å². The number of rotatable bonds is 11. The van der Waals surface area contributed by atoms with E-state index in [0.29, 0.717) is 42.7 Å². The van der Waals surface area contributed by atoms with Gasteiger partial charge in [-0.1, -0.05) is 30.3 Å². The maximum Gasteiger partial charge on any atom is 0.257 e. The highest BCUT2D eigenvalue weighted by molar-refractivity contribution is 7.80. The Morgan fingerprint density at radius 1 is 1.03 bits per heavy atom. The Balaban J connectivity index is 2.07. The third-order valence-electron chi connectivity index (χ3n) is 4.45. The lowest BCUT2D eigenvalue weighted by Gasteiger charge is -2.29. The highest BCUT2D eigenvalue weighted by atomic mass is 32.1. The third-order valence-corrected chi connectivity index (χ3v) is 4.81. The van der Waals surface area contributed by atoms with Crippen molar-refractivity contribution in [1.29, 1.82) is 0 Å². The molecule has 2 aromatic rings. The molecule has 1 N–H and O–H groups in total. The predicted molar refractivity (Wildman–Crippen MR) is 122 cm³/mol. The van der Waals surface area contributed by atoms with Gasteiger partial charge < -0.3 is 19.1 Å². The van der Waals surface area contributed by atoms with Gasteiger partial charge in [-0.2, -0.15) is 0 Å². The van der Waals surface area contributed by atoms with Crippen LogP contribution in [0.4, 0.5) is 0 Å². The average Bonchev–Trinajstić information content (AvgIpc) is 2.77. The molecule has 0 radical (unpaired) electrons. The Morgan fingerprint density at radius 2 is 1.67 bits per heavy atom. The second-order valence-corrected chi connectivity index (χ2v) is 6.90. The summed E-state index contributed by atoms with van der Waals surface area (Å²) in [7, 11) is 1.59. The summed E-state index contributed by atoms with van der Waals surface area (Å²) >= 11 is 5.56. The van der Waals surface area contributed by atoms with Crippen molar-refractivity contribution < 1.29 is 19.0 Å². The van der Waals surface area contributed by atoms with E-state index in [0.717, 1.165) is 6.42 Å². The molecule has 2 aromatic carbocycles. The number of methoxy groups -OCH3 is 1. The molecule has 0 aliphatic carbocycles. The van der Waals surface area contributed by atoms with Gasteiger partial charge in [0.05, 0.1) is 13.7 Å². The number of hydrogen-bond donors (Lipinski definition) is 1. The lowest BCUT2D eigenvalue weighted by molar-refractivity contribution is -0.141. The third kappa shape index (κ3) is 7.74. The first-order chi connectivity index (χ1) is 14.6. The lowest BCUT2D eigenvalue weighted by atomic mass is 10.1. The number of thiocarbonyl (C=S) groups is 1. The largest absolute Gasteiger partial charge is 0.497 e. The van der Waals surface area contributed by atoms with Crippen molar-refractivity contribution in [2.75, 3.05) is 33.4 Å². The van der Waals surface area contributed by atoms with E-state index in [-0.39, 0.29) is 5.91 Å². The number of carbonyl (C=O) groups is 1. The van der Waals surface area contributed by atoms with Crippen LogP contribution >= 0.6 is 12.2 Å². The maximum atomic E-state index is 12.6. The van der Waals surface area contributed by atoms with Gasteiger partial charge in [0, 0.05) is 25.3 Å². The van der Waals surface area contributed by atoms with E-state index < -0.39 is 6.29 Å². The van der Waals surface area contributed by atoms with Gasteiger partial charge in [-0.05, 0) is 62.3 Å². The van der Waals surface area contributed by atoms with E-state index in [1.807, 2.05) is 36.9 Å². The highest BCUT2D eigenvalue weighted by Gasteiger charge is 2.19. The zero-order chi connectivity index (χ0) is 21.8. The summed E-state index contributed by atoms with van der Waals surface area (Å²) in [5.41, 5.74) is 1.70. The standard InChI is InChI=1S/C23H30N2O4S/c1-4-28-21(29-5-2)17-25(16-15-18-9-7-6-8-10-18)23(30)24-22(26)19-11-13-20(27-3)14-12-19/h6-14,21H,4-5,15-17H2,1-3H3,(H,24,26,30). The molecule has 30 heavy (non-hydrogen) atoms. The van der Waals surface area contributed by atoms with Gasteiger partial charge in [0.2, 0.25) is 0 Å². The molecule has 0 heterocycles. The molecule has 7 heteroatoms. The fraction of sp³-hybridized carbons (Fsp3) is 0.391. The summed E-state index contributed by atoms with van der Waals surface area (Å²) in [6.45, 7) is 5.96. The fourth-order valence-electron chi connectivity index (χ4n) is 2.88. The van der Waals surface area contributed by atoms with Gasteiger partial charge >= 0.3 is 0 Å². The summed E-state index contributed by atoms with van der Waals surface area (Å²) in [6, 6.07) is 17.0. The first kappa shape index (κ1) is 23.8. The van der Waals surface area contributed by atoms with Crippen molar-refractivity contribution in [3.63, 3.8) is 0 Å². The molecule has 0 atom stereocenters. The number of benzene rings is 2. The molecule has 0 fully saturated rings. The molecular formula is C23H30N2O4S. The van der Waals surface area contributed by atoms with E-state index in [1.54, 1.807) is 31.4 Å². The Morgan fingerprint density at radius 3 is 2.23 bits per heavy atom. The van der Waals surface area contributed by atoms with Crippen LogP contribution in [0.25, 0.3) is 0 Å². The molecule has 0 aliphatic rings. The number of hydrogen-bond acceptors (Lipinski definition) is 5. The zero-order valence-electron chi connectivity index (χ0n) is 17.8. The Hall–Kier alpha value is -2.48. The minimum Gasteiger partial charge on any atom is -0.497 e. The van der Waals surface area contributed by atoms with Crippen LogP contribution in [0.5, 0.6) is 5.75 Å². The second kappa shape index (κ2) is 13.0. The van der Waals surface area contributed by atoms with Crippen molar-refractivity contribution in [3.8, 4) is 5.75 Å². The maximum absolute atomic E-state index is 12.6. The normalized spacial score (nSPS) is 10.7. The Labute approximate surface area is 184 Å². The van der Waals surface area contributed by atoms with Gasteiger partial charge in [0.15, 0.2) is 11.4 Å². The summed E-state index contributed by atoms with van der Waals surface area (Å²) in [5, 5.41) is 3.17. The summed E-state index contributed by atoms with van der Waals surface area (Å²) in [5.74, 6) is 0.423. The van der Waals surface area contributed by atoms with E-state index in [4.69, 9.17) is 26.4 Å². The SMILES string of the molecule is CCOC(CN(CCc1ccccc1)C(=S)NC(=O)c1ccc(OC)cc1)OCC. The molecule has 0 saturated heterocycles. The molecule has 2 rings (SSSR count). The second-order valence-electron chi connectivity index (χ2n) is 6.51. The number of nitrogens with zero attached hydrogens (tertiary/aromatic N) is 1. The Kier molecular flexibility index (Phi) is 10.3. The van der Waals surface area contributed by atoms with Crippen LogP contribution in [0.2, 0.25) is 0 Å². The molecule has 0 spiro atoms. The predicted octanol–water partition coefficient (Wildman–Crippen LogP) is 3.65. The van der Waals surface area contributed by atoms with Crippen molar-refractivity contribution >= 4 is 23.2 Å². The minimum absolute atomic E-state index is 0.267. The van der Waals surface area contributed by atoms with Crippen LogP contribution in [0.3, 0.4) is 0 Å². The van der Waals surface area contributed by atoms with Crippen molar-refractivity contribution in [3.05, 3.63) is 65.7 Å². The van der Waals surface area contributed by atoms with E-state index >= 15 is 0 Å². The van der Waals surface area contributed by atoms with Crippen LogP contribution in [0.15, 0.2) is 54.6 Å². The van der Waals surface area contributed by atoms with Gasteiger partial charge in [0.25, 0.3) is 5.91 Å². The van der Waals surface area contributed by atoms with Gasteiger partial charge in [-0.25, -0.2) is 0 Å². The van der Waals surface area contributed by atoms with E-state index in [2.05, 4.69) is 17.4 Å². The van der Waals surface area contributed by atoms with E-state index in [9.17, 15) is 4.79 Å². The summed E-state index contributed by atoms with van der Waals surface area (Å²) < 4.78 is 16.5. The van der Waals surface area contributed by atoms with Gasteiger partial charge in [-0.15, -0.1) is 0 Å². The van der Waals surface area contributed by atoms with E-state index in [1.165, 1.54) is 5.56 Å². The van der Waals surface area contributed by atoms with Crippen LogP contribution in [-0.4, -0.2) is 55.6 Å². The highest BCUT2D eigenvalue weighted by Crippen LogP contribution is 2.12. The van der Waals surface area contributed by atoms with Crippen LogP contribution in [0, 0.1) is 0 Å². The van der Waals surface area contributed by atoms with Crippen molar-refractivity contribution in [1.82, 2.24) is 10.2 Å². The minimum atomic E-state index is -0.424. The number of carbonyl (C=O) groups excluding carboxylic acids is 1. The summed E-state index contributed by atoms with van der Waals surface area (Å²) in [6.07, 6.45) is 0.358. The first-order valence-electron chi connectivity index (χ1n) is 10.1. The summed E-state index contributed by atoms with van der Waals surface area (Å²) in [4.78, 5) is 14.6. The number of amides is 1. The van der Waals surface area contributed by atoms with Gasteiger partial charge in [-0.3, -0.25) is 10.1 Å². The zero-order valence-corrected chi connectivity index (χ0v) is 18.6. The molecule has 0 bridgehead atoms. The smallest absolute Gasteiger partial charge is 0.257 e. The average molecular weight is 431 g/mol. The number of ether oxygens (including phenoxy) is 3. The van der Waals surface area contributed by atoms with Crippen molar-refractivity contribution in [2.24, 2.45) is 0 Å². The topological polar surface area (TPSA) is 60.0 Å². The molecule has 0 unspecified atom stereocenters. The first-order valence-corrected chi connectivity index (χ1v) is 10.5. The quantitative estimate of drug-likeness (QED) is 0.434. The van der Waals surface area contributed by atoms with Crippen LogP contribution < -0.4 is 10.1 Å². The molecular weight excluding hydrogens is 400 g/mol. The molecule has 0 saturated carbocycles. The van der Waals surface area contributed by atoms with Gasteiger partial charge in [0.1, 0.15) is 5.75 Å². The fourth-order valence-corrected chi connectivity index (χ4v) is 3.14. The molecule has 162 valence electrons.